The minimum absolute atomic E-state index is 0.525. The number of aromatic nitrogens is 2. The second-order valence-electron chi connectivity index (χ2n) is 4.14. The summed E-state index contributed by atoms with van der Waals surface area (Å²) < 4.78 is 5.18. The van der Waals surface area contributed by atoms with Gasteiger partial charge in [0.1, 0.15) is 0 Å². The van der Waals surface area contributed by atoms with Crippen LogP contribution in [0.4, 0.5) is 0 Å². The van der Waals surface area contributed by atoms with Crippen LogP contribution >= 0.6 is 0 Å². The predicted octanol–water partition coefficient (Wildman–Crippen LogP) is 2.67. The summed E-state index contributed by atoms with van der Waals surface area (Å²) in [7, 11) is 0. The third-order valence-corrected chi connectivity index (χ3v) is 2.91. The van der Waals surface area contributed by atoms with E-state index < -0.39 is 0 Å². The van der Waals surface area contributed by atoms with Gasteiger partial charge in [-0.25, -0.2) is 0 Å². The molecule has 0 bridgehead atoms. The molecule has 0 radical (unpaired) electrons. The van der Waals surface area contributed by atoms with E-state index in [1.54, 1.807) is 0 Å². The van der Waals surface area contributed by atoms with Crippen molar-refractivity contribution < 1.29 is 4.52 Å². The molecule has 13 heavy (non-hydrogen) atoms. The summed E-state index contributed by atoms with van der Waals surface area (Å²) in [5, 5.41) is 3.82. The third-order valence-electron chi connectivity index (χ3n) is 2.91. The van der Waals surface area contributed by atoms with Gasteiger partial charge in [-0.15, -0.1) is 0 Å². The Hall–Kier alpha value is -0.860. The fourth-order valence-corrected chi connectivity index (χ4v) is 1.99. The van der Waals surface area contributed by atoms with E-state index in [0.717, 1.165) is 17.6 Å². The Balaban J connectivity index is 2.02. The average Bonchev–Trinajstić information content (AvgIpc) is 2.53. The summed E-state index contributed by atoms with van der Waals surface area (Å²) in [5.74, 6) is 3.01. The van der Waals surface area contributed by atoms with E-state index in [0.29, 0.717) is 5.92 Å². The van der Waals surface area contributed by atoms with Crippen LogP contribution in [0.2, 0.25) is 0 Å². The number of rotatable bonds is 1. The first-order valence-corrected chi connectivity index (χ1v) is 5.06. The van der Waals surface area contributed by atoms with Crippen LogP contribution in [0, 0.1) is 12.8 Å². The molecule has 1 aliphatic rings. The van der Waals surface area contributed by atoms with Crippen LogP contribution in [0.1, 0.15) is 50.2 Å². The molecule has 3 nitrogen and oxygen atoms in total. The zero-order chi connectivity index (χ0) is 9.26. The van der Waals surface area contributed by atoms with E-state index in [9.17, 15) is 0 Å². The predicted molar refractivity (Wildman–Crippen MR) is 49.4 cm³/mol. The van der Waals surface area contributed by atoms with Gasteiger partial charge < -0.3 is 4.52 Å². The molecule has 1 aromatic rings. The van der Waals surface area contributed by atoms with Crippen LogP contribution in [-0.2, 0) is 0 Å². The molecule has 2 rings (SSSR count). The lowest BCUT2D eigenvalue weighted by atomic mass is 9.83. The molecule has 0 spiro atoms. The van der Waals surface area contributed by atoms with E-state index >= 15 is 0 Å². The van der Waals surface area contributed by atoms with Crippen molar-refractivity contribution in [3.05, 3.63) is 11.7 Å². The van der Waals surface area contributed by atoms with E-state index in [2.05, 4.69) is 17.1 Å². The van der Waals surface area contributed by atoms with Crippen LogP contribution < -0.4 is 0 Å². The maximum absolute atomic E-state index is 5.18. The molecule has 1 saturated carbocycles. The van der Waals surface area contributed by atoms with Gasteiger partial charge in [-0.2, -0.15) is 4.98 Å². The lowest BCUT2D eigenvalue weighted by molar-refractivity contribution is 0.280. The monoisotopic (exact) mass is 180 g/mol. The van der Waals surface area contributed by atoms with Crippen LogP contribution in [-0.4, -0.2) is 10.1 Å². The molecule has 1 aliphatic carbocycles. The molecular weight excluding hydrogens is 164 g/mol. The van der Waals surface area contributed by atoms with Gasteiger partial charge in [0.2, 0.25) is 5.89 Å². The lowest BCUT2D eigenvalue weighted by Crippen LogP contribution is -2.10. The van der Waals surface area contributed by atoms with E-state index in [1.165, 1.54) is 25.7 Å². The SMILES string of the molecule is Cc1noc(C2CCC(C)CC2)n1. The van der Waals surface area contributed by atoms with Crippen LogP contribution in [0.3, 0.4) is 0 Å². The molecule has 72 valence electrons. The van der Waals surface area contributed by atoms with Gasteiger partial charge in [-0.05, 0) is 38.5 Å². The molecule has 1 heterocycles. The summed E-state index contributed by atoms with van der Waals surface area (Å²) in [6, 6.07) is 0. The van der Waals surface area contributed by atoms with Crippen molar-refractivity contribution in [1.29, 1.82) is 0 Å². The molecule has 0 saturated heterocycles. The largest absolute Gasteiger partial charge is 0.339 e. The van der Waals surface area contributed by atoms with Crippen molar-refractivity contribution in [1.82, 2.24) is 10.1 Å². The first kappa shape index (κ1) is 8.73. The molecule has 0 unspecified atom stereocenters. The van der Waals surface area contributed by atoms with Crippen LogP contribution in [0.5, 0.6) is 0 Å². The van der Waals surface area contributed by atoms with Crippen molar-refractivity contribution in [2.45, 2.75) is 45.4 Å². The van der Waals surface area contributed by atoms with Gasteiger partial charge in [-0.3, -0.25) is 0 Å². The molecule has 1 fully saturated rings. The fraction of sp³-hybridized carbons (Fsp3) is 0.800. The van der Waals surface area contributed by atoms with Gasteiger partial charge >= 0.3 is 0 Å². The van der Waals surface area contributed by atoms with E-state index in [4.69, 9.17) is 4.52 Å². The average molecular weight is 180 g/mol. The quantitative estimate of drug-likeness (QED) is 0.667. The molecule has 0 aromatic carbocycles. The fourth-order valence-electron chi connectivity index (χ4n) is 1.99. The zero-order valence-electron chi connectivity index (χ0n) is 8.29. The van der Waals surface area contributed by atoms with Gasteiger partial charge in [0.15, 0.2) is 5.82 Å². The smallest absolute Gasteiger partial charge is 0.229 e. The third kappa shape index (κ3) is 1.90. The molecule has 0 N–H and O–H groups in total. The summed E-state index contributed by atoms with van der Waals surface area (Å²) in [6.07, 6.45) is 5.02. The van der Waals surface area contributed by atoms with Crippen molar-refractivity contribution in [2.24, 2.45) is 5.92 Å². The highest BCUT2D eigenvalue weighted by atomic mass is 16.5. The number of aryl methyl sites for hydroxylation is 1. The first-order chi connectivity index (χ1) is 6.25. The molecule has 1 aromatic heterocycles. The maximum Gasteiger partial charge on any atom is 0.229 e. The Morgan fingerprint density at radius 1 is 1.23 bits per heavy atom. The normalized spacial score (nSPS) is 29.1. The van der Waals surface area contributed by atoms with Gasteiger partial charge in [0.25, 0.3) is 0 Å². The molecule has 3 heteroatoms. The molecule has 0 atom stereocenters. The summed E-state index contributed by atoms with van der Waals surface area (Å²) in [5.41, 5.74) is 0. The van der Waals surface area contributed by atoms with Crippen molar-refractivity contribution in [3.8, 4) is 0 Å². The molecular formula is C10H16N2O. The highest BCUT2D eigenvalue weighted by Crippen LogP contribution is 2.34. The van der Waals surface area contributed by atoms with Crippen molar-refractivity contribution in [2.75, 3.05) is 0 Å². The summed E-state index contributed by atoms with van der Waals surface area (Å²) >= 11 is 0. The Labute approximate surface area is 78.5 Å². The van der Waals surface area contributed by atoms with Gasteiger partial charge in [0, 0.05) is 5.92 Å². The Kier molecular flexibility index (Phi) is 2.34. The highest BCUT2D eigenvalue weighted by Gasteiger charge is 2.23. The highest BCUT2D eigenvalue weighted by molar-refractivity contribution is 4.94. The number of hydrogen-bond acceptors (Lipinski definition) is 3. The minimum Gasteiger partial charge on any atom is -0.339 e. The van der Waals surface area contributed by atoms with Crippen molar-refractivity contribution in [3.63, 3.8) is 0 Å². The van der Waals surface area contributed by atoms with Crippen LogP contribution in [0.25, 0.3) is 0 Å². The Morgan fingerprint density at radius 3 is 2.46 bits per heavy atom. The van der Waals surface area contributed by atoms with Gasteiger partial charge in [0.05, 0.1) is 0 Å². The maximum atomic E-state index is 5.18. The lowest BCUT2D eigenvalue weighted by Gasteiger charge is -2.22. The van der Waals surface area contributed by atoms with E-state index in [-0.39, 0.29) is 0 Å². The molecule has 0 amide bonds. The Bertz CT molecular complexity index is 274. The second kappa shape index (κ2) is 3.48. The Morgan fingerprint density at radius 2 is 1.92 bits per heavy atom. The summed E-state index contributed by atoms with van der Waals surface area (Å²) in [4.78, 5) is 4.28. The number of nitrogens with zero attached hydrogens (tertiary/aromatic N) is 2. The summed E-state index contributed by atoms with van der Waals surface area (Å²) in [6.45, 7) is 4.19. The minimum atomic E-state index is 0.525. The van der Waals surface area contributed by atoms with Crippen molar-refractivity contribution >= 4 is 0 Å². The van der Waals surface area contributed by atoms with Crippen LogP contribution in [0.15, 0.2) is 4.52 Å². The first-order valence-electron chi connectivity index (χ1n) is 5.06. The topological polar surface area (TPSA) is 38.9 Å². The second-order valence-corrected chi connectivity index (χ2v) is 4.14. The van der Waals surface area contributed by atoms with E-state index in [1.807, 2.05) is 6.92 Å². The molecule has 0 aliphatic heterocycles. The zero-order valence-corrected chi connectivity index (χ0v) is 8.29. The standard InChI is InChI=1S/C10H16N2O/c1-7-3-5-9(6-4-7)10-11-8(2)12-13-10/h7,9H,3-6H2,1-2H3. The number of hydrogen-bond donors (Lipinski definition) is 0. The van der Waals surface area contributed by atoms with Gasteiger partial charge in [-0.1, -0.05) is 12.1 Å².